The minimum absolute atomic E-state index is 0.160. The molecule has 2 aromatic carbocycles. The van der Waals surface area contributed by atoms with Crippen LogP contribution in [0.25, 0.3) is 22.6 Å². The van der Waals surface area contributed by atoms with Crippen molar-refractivity contribution in [3.63, 3.8) is 0 Å². The van der Waals surface area contributed by atoms with Crippen molar-refractivity contribution in [1.82, 2.24) is 15.1 Å². The molecule has 4 rings (SSSR count). The number of methoxy groups -OCH3 is 1. The highest BCUT2D eigenvalue weighted by molar-refractivity contribution is 7.14. The Kier molecular flexibility index (Phi) is 6.61. The van der Waals surface area contributed by atoms with Crippen molar-refractivity contribution >= 4 is 22.4 Å². The van der Waals surface area contributed by atoms with Gasteiger partial charge in [-0.05, 0) is 23.6 Å². The van der Waals surface area contributed by atoms with Gasteiger partial charge in [0.25, 0.3) is 0 Å². The van der Waals surface area contributed by atoms with Gasteiger partial charge >= 0.3 is 0 Å². The quantitative estimate of drug-likeness (QED) is 0.379. The molecule has 0 saturated carbocycles. The molecule has 0 radical (unpaired) electrons. The van der Waals surface area contributed by atoms with Gasteiger partial charge in [0.05, 0.1) is 12.8 Å². The van der Waals surface area contributed by atoms with E-state index in [9.17, 15) is 4.79 Å². The number of carbonyl (C=O) groups excluding carboxylic acids is 1. The smallest absolute Gasteiger partial charge is 0.227 e. The largest absolute Gasteiger partial charge is 0.496 e. The molecule has 0 saturated heterocycles. The predicted molar refractivity (Wildman–Crippen MR) is 125 cm³/mol. The topological polar surface area (TPSA) is 90.1 Å². The van der Waals surface area contributed by atoms with Gasteiger partial charge in [0.1, 0.15) is 5.75 Å². The Morgan fingerprint density at radius 2 is 1.91 bits per heavy atom. The lowest BCUT2D eigenvalue weighted by atomic mass is 10.0. The van der Waals surface area contributed by atoms with E-state index in [0.29, 0.717) is 29.2 Å². The molecule has 32 heavy (non-hydrogen) atoms. The van der Waals surface area contributed by atoms with Crippen molar-refractivity contribution in [3.8, 4) is 28.4 Å². The van der Waals surface area contributed by atoms with Crippen LogP contribution in [0.1, 0.15) is 37.6 Å². The fourth-order valence-electron chi connectivity index (χ4n) is 3.20. The van der Waals surface area contributed by atoms with Crippen molar-refractivity contribution in [2.75, 3.05) is 12.4 Å². The van der Waals surface area contributed by atoms with Gasteiger partial charge in [-0.1, -0.05) is 55.4 Å². The van der Waals surface area contributed by atoms with Crippen molar-refractivity contribution in [2.45, 2.75) is 32.6 Å². The van der Waals surface area contributed by atoms with E-state index in [-0.39, 0.29) is 12.3 Å². The maximum Gasteiger partial charge on any atom is 0.227 e. The number of nitrogens with one attached hydrogen (secondary N) is 1. The van der Waals surface area contributed by atoms with E-state index >= 15 is 0 Å². The number of nitrogens with zero attached hydrogens (tertiary/aromatic N) is 3. The molecule has 0 fully saturated rings. The van der Waals surface area contributed by atoms with E-state index < -0.39 is 0 Å². The van der Waals surface area contributed by atoms with Crippen LogP contribution in [0.5, 0.6) is 5.75 Å². The average Bonchev–Trinajstić information content (AvgIpc) is 3.47. The van der Waals surface area contributed by atoms with Gasteiger partial charge in [-0.25, -0.2) is 4.98 Å². The van der Waals surface area contributed by atoms with E-state index in [2.05, 4.69) is 46.4 Å². The monoisotopic (exact) mass is 448 g/mol. The Morgan fingerprint density at radius 3 is 2.66 bits per heavy atom. The summed E-state index contributed by atoms with van der Waals surface area (Å²) in [5.74, 6) is 2.00. The summed E-state index contributed by atoms with van der Waals surface area (Å²) in [5, 5.41) is 9.29. The molecule has 0 aliphatic heterocycles. The molecule has 2 aromatic heterocycles. The molecule has 1 N–H and O–H groups in total. The maximum atomic E-state index is 12.4. The molecular weight excluding hydrogens is 424 g/mol. The van der Waals surface area contributed by atoms with Gasteiger partial charge in [-0.2, -0.15) is 4.98 Å². The van der Waals surface area contributed by atoms with Crippen LogP contribution in [0.3, 0.4) is 0 Å². The molecule has 164 valence electrons. The van der Waals surface area contributed by atoms with E-state index in [1.54, 1.807) is 7.11 Å². The molecule has 4 aromatic rings. The van der Waals surface area contributed by atoms with Gasteiger partial charge in [0.15, 0.2) is 5.13 Å². The van der Waals surface area contributed by atoms with Gasteiger partial charge in [-0.3, -0.25) is 4.79 Å². The molecule has 7 nitrogen and oxygen atoms in total. The normalized spacial score (nSPS) is 11.0. The van der Waals surface area contributed by atoms with Gasteiger partial charge < -0.3 is 14.6 Å². The Morgan fingerprint density at radius 1 is 1.12 bits per heavy atom. The number of carbonyl (C=O) groups is 1. The molecule has 0 atom stereocenters. The standard InChI is InChI=1S/C24H24N4O3S/c1-15(2)16-8-10-17(11-9-16)23-27-22(31-28-23)13-12-21(29)26-24-25-19(14-32-24)18-6-4-5-7-20(18)30-3/h4-11,14-15H,12-13H2,1-3H3,(H,25,26,29). The zero-order valence-electron chi connectivity index (χ0n) is 18.2. The third kappa shape index (κ3) is 5.03. The highest BCUT2D eigenvalue weighted by Crippen LogP contribution is 2.32. The first-order valence-electron chi connectivity index (χ1n) is 10.3. The number of thiazole rings is 1. The first kappa shape index (κ1) is 21.7. The van der Waals surface area contributed by atoms with Crippen molar-refractivity contribution in [3.05, 3.63) is 65.4 Å². The van der Waals surface area contributed by atoms with Crippen LogP contribution in [-0.2, 0) is 11.2 Å². The van der Waals surface area contributed by atoms with Crippen LogP contribution >= 0.6 is 11.3 Å². The number of aryl methyl sites for hydroxylation is 1. The number of amides is 1. The van der Waals surface area contributed by atoms with E-state index in [1.165, 1.54) is 16.9 Å². The summed E-state index contributed by atoms with van der Waals surface area (Å²) in [5.41, 5.74) is 3.78. The van der Waals surface area contributed by atoms with Crippen LogP contribution in [0.2, 0.25) is 0 Å². The van der Waals surface area contributed by atoms with Crippen LogP contribution < -0.4 is 10.1 Å². The lowest BCUT2D eigenvalue weighted by Crippen LogP contribution is -2.12. The first-order chi connectivity index (χ1) is 15.5. The SMILES string of the molecule is COc1ccccc1-c1csc(NC(=O)CCc2nc(-c3ccc(C(C)C)cc3)no2)n1. The maximum absolute atomic E-state index is 12.4. The number of hydrogen-bond acceptors (Lipinski definition) is 7. The molecule has 1 amide bonds. The van der Waals surface area contributed by atoms with E-state index in [0.717, 1.165) is 22.6 Å². The summed E-state index contributed by atoms with van der Waals surface area (Å²) in [6.07, 6.45) is 0.575. The van der Waals surface area contributed by atoms with Crippen LogP contribution in [0, 0.1) is 0 Å². The van der Waals surface area contributed by atoms with Crippen LogP contribution in [0.4, 0.5) is 5.13 Å². The van der Waals surface area contributed by atoms with Crippen molar-refractivity contribution < 1.29 is 14.1 Å². The fourth-order valence-corrected chi connectivity index (χ4v) is 3.93. The number of hydrogen-bond donors (Lipinski definition) is 1. The summed E-state index contributed by atoms with van der Waals surface area (Å²) in [7, 11) is 1.62. The highest BCUT2D eigenvalue weighted by Gasteiger charge is 2.14. The Bertz CT molecular complexity index is 1200. The summed E-state index contributed by atoms with van der Waals surface area (Å²) in [6.45, 7) is 4.30. The number of para-hydroxylation sites is 1. The Labute approximate surface area is 190 Å². The number of rotatable bonds is 8. The Balaban J connectivity index is 1.34. The van der Waals surface area contributed by atoms with Crippen LogP contribution in [0.15, 0.2) is 58.4 Å². The highest BCUT2D eigenvalue weighted by atomic mass is 32.1. The van der Waals surface area contributed by atoms with Crippen molar-refractivity contribution in [1.29, 1.82) is 0 Å². The summed E-state index contributed by atoms with van der Waals surface area (Å²) in [4.78, 5) is 21.3. The average molecular weight is 449 g/mol. The number of aromatic nitrogens is 3. The second-order valence-corrected chi connectivity index (χ2v) is 8.43. The first-order valence-corrected chi connectivity index (χ1v) is 11.2. The summed E-state index contributed by atoms with van der Waals surface area (Å²) in [6, 6.07) is 15.7. The molecule has 0 aliphatic carbocycles. The minimum Gasteiger partial charge on any atom is -0.496 e. The minimum atomic E-state index is -0.160. The lowest BCUT2D eigenvalue weighted by Gasteiger charge is -2.05. The molecule has 8 heteroatoms. The summed E-state index contributed by atoms with van der Waals surface area (Å²) >= 11 is 1.37. The summed E-state index contributed by atoms with van der Waals surface area (Å²) < 4.78 is 10.7. The molecule has 0 bridgehead atoms. The van der Waals surface area contributed by atoms with Gasteiger partial charge in [0, 0.05) is 29.3 Å². The third-order valence-electron chi connectivity index (χ3n) is 5.00. The predicted octanol–water partition coefficient (Wildman–Crippen LogP) is 5.56. The molecule has 0 unspecified atom stereocenters. The second-order valence-electron chi connectivity index (χ2n) is 7.57. The molecule has 0 aliphatic rings. The van der Waals surface area contributed by atoms with E-state index in [4.69, 9.17) is 9.26 Å². The van der Waals surface area contributed by atoms with Gasteiger partial charge in [0.2, 0.25) is 17.6 Å². The van der Waals surface area contributed by atoms with Crippen molar-refractivity contribution in [2.24, 2.45) is 0 Å². The molecule has 0 spiro atoms. The molecular formula is C24H24N4O3S. The zero-order valence-corrected chi connectivity index (χ0v) is 19.0. The van der Waals surface area contributed by atoms with E-state index in [1.807, 2.05) is 41.8 Å². The number of benzene rings is 2. The Hall–Kier alpha value is -3.52. The number of ether oxygens (including phenoxy) is 1. The third-order valence-corrected chi connectivity index (χ3v) is 5.76. The fraction of sp³-hybridized carbons (Fsp3) is 0.250. The van der Waals surface area contributed by atoms with Gasteiger partial charge in [-0.15, -0.1) is 11.3 Å². The lowest BCUT2D eigenvalue weighted by molar-refractivity contribution is -0.116. The van der Waals surface area contributed by atoms with Crippen LogP contribution in [-0.4, -0.2) is 28.1 Å². The second kappa shape index (κ2) is 9.74. The number of anilines is 1. The zero-order chi connectivity index (χ0) is 22.5. The molecule has 2 heterocycles.